The normalized spacial score (nSPS) is 13.8. The highest BCUT2D eigenvalue weighted by Crippen LogP contribution is 2.06. The minimum absolute atomic E-state index is 0.199. The lowest BCUT2D eigenvalue weighted by Gasteiger charge is -2.21. The van der Waals surface area contributed by atoms with Crippen LogP contribution in [-0.4, -0.2) is 37.5 Å². The second-order valence-corrected chi connectivity index (χ2v) is 5.96. The van der Waals surface area contributed by atoms with Gasteiger partial charge in [-0.2, -0.15) is 17.4 Å². The summed E-state index contributed by atoms with van der Waals surface area (Å²) in [6, 6.07) is 8.92. The quantitative estimate of drug-likeness (QED) is 0.768. The van der Waals surface area contributed by atoms with Gasteiger partial charge in [0.1, 0.15) is 0 Å². The molecule has 0 spiro atoms. The van der Waals surface area contributed by atoms with Crippen LogP contribution in [0.5, 0.6) is 0 Å². The van der Waals surface area contributed by atoms with Gasteiger partial charge in [0.15, 0.2) is 0 Å². The SMILES string of the molecule is CC[C@H](CO)NS(=O)(=O)N(C)Cc1ccccc1. The highest BCUT2D eigenvalue weighted by Gasteiger charge is 2.21. The van der Waals surface area contributed by atoms with E-state index in [1.165, 1.54) is 11.4 Å². The van der Waals surface area contributed by atoms with Gasteiger partial charge >= 0.3 is 0 Å². The summed E-state index contributed by atoms with van der Waals surface area (Å²) in [5.41, 5.74) is 0.919. The predicted molar refractivity (Wildman–Crippen MR) is 71.1 cm³/mol. The van der Waals surface area contributed by atoms with Crippen molar-refractivity contribution in [1.29, 1.82) is 0 Å². The molecule has 0 amide bonds. The first-order valence-corrected chi connectivity index (χ1v) is 7.32. The number of aliphatic hydroxyl groups is 1. The van der Waals surface area contributed by atoms with Gasteiger partial charge in [0.05, 0.1) is 6.61 Å². The Kier molecular flexibility index (Phi) is 5.74. The van der Waals surface area contributed by atoms with Crippen LogP contribution in [0.15, 0.2) is 30.3 Å². The van der Waals surface area contributed by atoms with Crippen molar-refractivity contribution < 1.29 is 13.5 Å². The van der Waals surface area contributed by atoms with Crippen molar-refractivity contribution in [3.63, 3.8) is 0 Å². The van der Waals surface area contributed by atoms with Gasteiger partial charge in [0.25, 0.3) is 10.2 Å². The third kappa shape index (κ3) is 4.38. The molecule has 0 fully saturated rings. The van der Waals surface area contributed by atoms with Crippen LogP contribution in [0.25, 0.3) is 0 Å². The van der Waals surface area contributed by atoms with Gasteiger partial charge in [-0.05, 0) is 12.0 Å². The van der Waals surface area contributed by atoms with Crippen molar-refractivity contribution in [1.82, 2.24) is 9.03 Å². The molecule has 0 aliphatic rings. The maximum Gasteiger partial charge on any atom is 0.279 e. The van der Waals surface area contributed by atoms with Crippen LogP contribution in [0.4, 0.5) is 0 Å². The highest BCUT2D eigenvalue weighted by atomic mass is 32.2. The molecule has 1 rings (SSSR count). The fraction of sp³-hybridized carbons (Fsp3) is 0.500. The van der Waals surface area contributed by atoms with Gasteiger partial charge in [-0.1, -0.05) is 37.3 Å². The van der Waals surface area contributed by atoms with E-state index in [1.54, 1.807) is 0 Å². The highest BCUT2D eigenvalue weighted by molar-refractivity contribution is 7.87. The molecule has 0 aliphatic carbocycles. The zero-order valence-electron chi connectivity index (χ0n) is 10.7. The predicted octanol–water partition coefficient (Wildman–Crippen LogP) is 0.724. The second kappa shape index (κ2) is 6.84. The molecule has 18 heavy (non-hydrogen) atoms. The summed E-state index contributed by atoms with van der Waals surface area (Å²) in [5, 5.41) is 9.02. The van der Waals surface area contributed by atoms with Crippen LogP contribution in [-0.2, 0) is 16.8 Å². The lowest BCUT2D eigenvalue weighted by atomic mass is 10.2. The number of nitrogens with one attached hydrogen (secondary N) is 1. The van der Waals surface area contributed by atoms with Gasteiger partial charge < -0.3 is 5.11 Å². The number of hydrogen-bond acceptors (Lipinski definition) is 3. The monoisotopic (exact) mass is 272 g/mol. The third-order valence-corrected chi connectivity index (χ3v) is 4.27. The fourth-order valence-corrected chi connectivity index (χ4v) is 2.64. The number of hydrogen-bond donors (Lipinski definition) is 2. The molecule has 1 aromatic carbocycles. The first-order valence-electron chi connectivity index (χ1n) is 5.88. The van der Waals surface area contributed by atoms with E-state index < -0.39 is 16.3 Å². The minimum Gasteiger partial charge on any atom is -0.395 e. The van der Waals surface area contributed by atoms with Crippen LogP contribution in [0.1, 0.15) is 18.9 Å². The second-order valence-electron chi connectivity index (χ2n) is 4.15. The molecule has 0 aromatic heterocycles. The summed E-state index contributed by atoms with van der Waals surface area (Å²) < 4.78 is 27.6. The van der Waals surface area contributed by atoms with E-state index in [0.717, 1.165) is 5.56 Å². The largest absolute Gasteiger partial charge is 0.395 e. The molecule has 2 N–H and O–H groups in total. The Balaban J connectivity index is 2.68. The molecule has 0 radical (unpaired) electrons. The van der Waals surface area contributed by atoms with Crippen LogP contribution in [0.2, 0.25) is 0 Å². The van der Waals surface area contributed by atoms with Crippen molar-refractivity contribution in [3.05, 3.63) is 35.9 Å². The molecule has 5 nitrogen and oxygen atoms in total. The molecule has 1 aromatic rings. The lowest BCUT2D eigenvalue weighted by molar-refractivity contribution is 0.251. The lowest BCUT2D eigenvalue weighted by Crippen LogP contribution is -2.44. The third-order valence-electron chi connectivity index (χ3n) is 2.69. The van der Waals surface area contributed by atoms with E-state index in [-0.39, 0.29) is 6.61 Å². The Morgan fingerprint density at radius 3 is 2.44 bits per heavy atom. The topological polar surface area (TPSA) is 69.6 Å². The fourth-order valence-electron chi connectivity index (χ4n) is 1.48. The number of nitrogens with zero attached hydrogens (tertiary/aromatic N) is 1. The Bertz CT molecular complexity index is 444. The molecule has 0 saturated carbocycles. The summed E-state index contributed by atoms with van der Waals surface area (Å²) in [5.74, 6) is 0. The molecule has 0 unspecified atom stereocenters. The van der Waals surface area contributed by atoms with E-state index in [0.29, 0.717) is 13.0 Å². The number of aliphatic hydroxyl groups excluding tert-OH is 1. The van der Waals surface area contributed by atoms with Gasteiger partial charge in [0, 0.05) is 19.6 Å². The van der Waals surface area contributed by atoms with Crippen LogP contribution in [0.3, 0.4) is 0 Å². The molecular weight excluding hydrogens is 252 g/mol. The zero-order chi connectivity index (χ0) is 13.6. The minimum atomic E-state index is -3.56. The Morgan fingerprint density at radius 1 is 1.33 bits per heavy atom. The van der Waals surface area contributed by atoms with Crippen molar-refractivity contribution in [2.24, 2.45) is 0 Å². The molecule has 0 aliphatic heterocycles. The molecule has 0 bridgehead atoms. The molecule has 102 valence electrons. The molecule has 6 heteroatoms. The van der Waals surface area contributed by atoms with Gasteiger partial charge in [0.2, 0.25) is 0 Å². The maximum absolute atomic E-state index is 12.0. The van der Waals surface area contributed by atoms with Crippen molar-refractivity contribution >= 4 is 10.2 Å². The van der Waals surface area contributed by atoms with E-state index >= 15 is 0 Å². The average molecular weight is 272 g/mol. The number of rotatable bonds is 7. The molecule has 1 atom stereocenters. The van der Waals surface area contributed by atoms with Gasteiger partial charge in [-0.25, -0.2) is 0 Å². The van der Waals surface area contributed by atoms with Crippen LogP contribution >= 0.6 is 0 Å². The van der Waals surface area contributed by atoms with Crippen molar-refractivity contribution in [2.45, 2.75) is 25.9 Å². The Hall–Kier alpha value is -0.950. The number of benzene rings is 1. The zero-order valence-corrected chi connectivity index (χ0v) is 11.5. The van der Waals surface area contributed by atoms with Gasteiger partial charge in [-0.3, -0.25) is 0 Å². The maximum atomic E-state index is 12.0. The Labute approximate surface area is 109 Å². The summed E-state index contributed by atoms with van der Waals surface area (Å²) in [7, 11) is -2.05. The Morgan fingerprint density at radius 2 is 1.94 bits per heavy atom. The van der Waals surface area contributed by atoms with Crippen LogP contribution in [0, 0.1) is 0 Å². The van der Waals surface area contributed by atoms with E-state index in [2.05, 4.69) is 4.72 Å². The first kappa shape index (κ1) is 15.1. The average Bonchev–Trinajstić information content (AvgIpc) is 2.37. The van der Waals surface area contributed by atoms with E-state index in [1.807, 2.05) is 37.3 Å². The summed E-state index contributed by atoms with van der Waals surface area (Å²) in [6.45, 7) is 1.92. The van der Waals surface area contributed by atoms with E-state index in [9.17, 15) is 8.42 Å². The molecular formula is C12H20N2O3S. The summed E-state index contributed by atoms with van der Waals surface area (Å²) in [6.07, 6.45) is 0.551. The summed E-state index contributed by atoms with van der Waals surface area (Å²) >= 11 is 0. The molecule has 0 heterocycles. The summed E-state index contributed by atoms with van der Waals surface area (Å²) in [4.78, 5) is 0. The van der Waals surface area contributed by atoms with Crippen molar-refractivity contribution in [2.75, 3.05) is 13.7 Å². The standard InChI is InChI=1S/C12H20N2O3S/c1-3-12(10-15)13-18(16,17)14(2)9-11-7-5-4-6-8-11/h4-8,12-13,15H,3,9-10H2,1-2H3/t12-/m1/s1. The van der Waals surface area contributed by atoms with Crippen molar-refractivity contribution in [3.8, 4) is 0 Å². The molecule has 0 saturated heterocycles. The first-order chi connectivity index (χ1) is 8.49. The smallest absolute Gasteiger partial charge is 0.279 e. The van der Waals surface area contributed by atoms with E-state index in [4.69, 9.17) is 5.11 Å². The van der Waals surface area contributed by atoms with Gasteiger partial charge in [-0.15, -0.1) is 0 Å². The van der Waals surface area contributed by atoms with Crippen LogP contribution < -0.4 is 4.72 Å².